The molecule has 0 saturated carbocycles. The fourth-order valence-corrected chi connectivity index (χ4v) is 4.27. The summed E-state index contributed by atoms with van der Waals surface area (Å²) >= 11 is 0. The Hall–Kier alpha value is -1.10. The first-order valence-electron chi connectivity index (χ1n) is 10.3. The molecule has 0 spiro atoms. The first-order valence-corrected chi connectivity index (χ1v) is 10.3. The second-order valence-corrected chi connectivity index (χ2v) is 7.65. The van der Waals surface area contributed by atoms with Crippen LogP contribution in [0.25, 0.3) is 0 Å². The summed E-state index contributed by atoms with van der Waals surface area (Å²) in [6, 6.07) is 0. The van der Waals surface area contributed by atoms with E-state index in [-0.39, 0.29) is 18.1 Å². The van der Waals surface area contributed by atoms with Gasteiger partial charge in [0.1, 0.15) is 0 Å². The topological polar surface area (TPSA) is 75.6 Å². The summed E-state index contributed by atoms with van der Waals surface area (Å²) in [5.41, 5.74) is 0. The molecule has 0 aromatic carbocycles. The maximum absolute atomic E-state index is 12.4. The molecule has 0 radical (unpaired) electrons. The molecule has 0 aromatic rings. The average Bonchev–Trinajstić information content (AvgIpc) is 3.20. The van der Waals surface area contributed by atoms with Gasteiger partial charge >= 0.3 is 5.97 Å². The molecule has 2 fully saturated rings. The van der Waals surface area contributed by atoms with E-state index in [9.17, 15) is 14.7 Å². The van der Waals surface area contributed by atoms with Crippen LogP contribution < -0.4 is 5.32 Å². The van der Waals surface area contributed by atoms with Gasteiger partial charge in [0.2, 0.25) is 5.91 Å². The zero-order chi connectivity index (χ0) is 18.1. The van der Waals surface area contributed by atoms with E-state index < -0.39 is 17.8 Å². The quantitative estimate of drug-likeness (QED) is 0.492. The van der Waals surface area contributed by atoms with E-state index in [4.69, 9.17) is 4.74 Å². The molecular formula is C20H35NO4. The van der Waals surface area contributed by atoms with Crippen LogP contribution >= 0.6 is 0 Å². The van der Waals surface area contributed by atoms with Gasteiger partial charge in [-0.1, -0.05) is 64.7 Å². The minimum absolute atomic E-state index is 0.129. The van der Waals surface area contributed by atoms with Crippen molar-refractivity contribution < 1.29 is 19.4 Å². The highest BCUT2D eigenvalue weighted by Crippen LogP contribution is 2.43. The standard InChI is InChI=1S/C20H35NO4/c1-2-3-4-5-6-7-8-9-10-11-14-21-19(22)17-15-12-13-16(25-15)18(17)20(23)24/h15-18H,2-14H2,1H3,(H,21,22)(H,23,24)/t15-,16-,17?,18?/m1/s1. The third-order valence-electron chi connectivity index (χ3n) is 5.69. The molecule has 2 heterocycles. The Kier molecular flexibility index (Phi) is 8.73. The molecule has 2 unspecified atom stereocenters. The monoisotopic (exact) mass is 353 g/mol. The van der Waals surface area contributed by atoms with Crippen LogP contribution in [-0.2, 0) is 14.3 Å². The molecule has 4 atom stereocenters. The highest BCUT2D eigenvalue weighted by Gasteiger charge is 2.55. The lowest BCUT2D eigenvalue weighted by atomic mass is 9.78. The summed E-state index contributed by atoms with van der Waals surface area (Å²) in [5, 5.41) is 12.3. The molecule has 2 rings (SSSR count). The van der Waals surface area contributed by atoms with Crippen LogP contribution in [0, 0.1) is 11.8 Å². The summed E-state index contributed by atoms with van der Waals surface area (Å²) in [7, 11) is 0. The molecule has 0 aliphatic carbocycles. The molecule has 144 valence electrons. The lowest BCUT2D eigenvalue weighted by Gasteiger charge is -2.23. The maximum Gasteiger partial charge on any atom is 0.310 e. The van der Waals surface area contributed by atoms with Crippen LogP contribution in [0.5, 0.6) is 0 Å². The predicted octanol–water partition coefficient (Wildman–Crippen LogP) is 3.90. The van der Waals surface area contributed by atoms with Crippen molar-refractivity contribution in [2.45, 2.75) is 96.2 Å². The van der Waals surface area contributed by atoms with Gasteiger partial charge in [-0.05, 0) is 19.3 Å². The van der Waals surface area contributed by atoms with Gasteiger partial charge < -0.3 is 15.2 Å². The number of fused-ring (bicyclic) bond motifs is 2. The van der Waals surface area contributed by atoms with E-state index in [2.05, 4.69) is 12.2 Å². The second kappa shape index (κ2) is 10.8. The van der Waals surface area contributed by atoms with Crippen molar-refractivity contribution in [1.82, 2.24) is 5.32 Å². The lowest BCUT2D eigenvalue weighted by Crippen LogP contribution is -2.44. The smallest absolute Gasteiger partial charge is 0.310 e. The van der Waals surface area contributed by atoms with Crippen LogP contribution in [0.2, 0.25) is 0 Å². The van der Waals surface area contributed by atoms with Crippen LogP contribution in [0.3, 0.4) is 0 Å². The van der Waals surface area contributed by atoms with Gasteiger partial charge in [0.25, 0.3) is 0 Å². The third kappa shape index (κ3) is 5.98. The highest BCUT2D eigenvalue weighted by molar-refractivity contribution is 5.86. The summed E-state index contributed by atoms with van der Waals surface area (Å²) in [6.07, 6.45) is 13.8. The minimum Gasteiger partial charge on any atom is -0.481 e. The molecule has 2 bridgehead atoms. The maximum atomic E-state index is 12.4. The number of carbonyl (C=O) groups excluding carboxylic acids is 1. The van der Waals surface area contributed by atoms with E-state index in [1.165, 1.54) is 51.4 Å². The van der Waals surface area contributed by atoms with E-state index in [0.29, 0.717) is 6.54 Å². The fourth-order valence-electron chi connectivity index (χ4n) is 4.27. The Morgan fingerprint density at radius 3 is 1.96 bits per heavy atom. The number of aliphatic carboxylic acids is 1. The summed E-state index contributed by atoms with van der Waals surface area (Å²) in [5.74, 6) is -2.19. The van der Waals surface area contributed by atoms with Crippen LogP contribution in [0.15, 0.2) is 0 Å². The Morgan fingerprint density at radius 1 is 0.880 bits per heavy atom. The normalized spacial score (nSPS) is 27.6. The molecule has 25 heavy (non-hydrogen) atoms. The van der Waals surface area contributed by atoms with Gasteiger partial charge in [-0.3, -0.25) is 9.59 Å². The summed E-state index contributed by atoms with van der Waals surface area (Å²) < 4.78 is 5.65. The van der Waals surface area contributed by atoms with Gasteiger partial charge in [0.15, 0.2) is 0 Å². The number of hydrogen-bond donors (Lipinski definition) is 2. The van der Waals surface area contributed by atoms with Crippen molar-refractivity contribution in [3.63, 3.8) is 0 Å². The lowest BCUT2D eigenvalue weighted by molar-refractivity contribution is -0.147. The number of amides is 1. The molecule has 2 saturated heterocycles. The fraction of sp³-hybridized carbons (Fsp3) is 0.900. The molecule has 5 heteroatoms. The minimum atomic E-state index is -0.897. The number of rotatable bonds is 13. The SMILES string of the molecule is CCCCCCCCCCCCNC(=O)C1C(C(=O)O)[C@H]2CC[C@H]1O2. The number of ether oxygens (including phenoxy) is 1. The zero-order valence-corrected chi connectivity index (χ0v) is 15.7. The average molecular weight is 354 g/mol. The zero-order valence-electron chi connectivity index (χ0n) is 15.7. The largest absolute Gasteiger partial charge is 0.481 e. The number of carboxylic acids is 1. The van der Waals surface area contributed by atoms with E-state index in [0.717, 1.165) is 25.7 Å². The Balaban J connectivity index is 1.51. The molecule has 0 aromatic heterocycles. The number of carbonyl (C=O) groups is 2. The van der Waals surface area contributed by atoms with Crippen molar-refractivity contribution in [2.75, 3.05) is 6.54 Å². The Labute approximate surface area is 151 Å². The molecule has 5 nitrogen and oxygen atoms in total. The van der Waals surface area contributed by atoms with Gasteiger partial charge in [0.05, 0.1) is 24.0 Å². The van der Waals surface area contributed by atoms with Crippen molar-refractivity contribution in [3.8, 4) is 0 Å². The molecule has 2 aliphatic heterocycles. The summed E-state index contributed by atoms with van der Waals surface area (Å²) in [4.78, 5) is 23.8. The van der Waals surface area contributed by atoms with Gasteiger partial charge in [-0.2, -0.15) is 0 Å². The molecular weight excluding hydrogens is 318 g/mol. The number of carboxylic acid groups (broad SMARTS) is 1. The number of hydrogen-bond acceptors (Lipinski definition) is 3. The van der Waals surface area contributed by atoms with Gasteiger partial charge in [-0.15, -0.1) is 0 Å². The van der Waals surface area contributed by atoms with Crippen LogP contribution in [-0.4, -0.2) is 35.7 Å². The van der Waals surface area contributed by atoms with Crippen molar-refractivity contribution >= 4 is 11.9 Å². The highest BCUT2D eigenvalue weighted by atomic mass is 16.5. The predicted molar refractivity (Wildman–Crippen MR) is 97.4 cm³/mol. The van der Waals surface area contributed by atoms with Crippen LogP contribution in [0.4, 0.5) is 0 Å². The van der Waals surface area contributed by atoms with Gasteiger partial charge in [-0.25, -0.2) is 0 Å². The number of nitrogens with one attached hydrogen (secondary N) is 1. The van der Waals surface area contributed by atoms with Crippen molar-refractivity contribution in [1.29, 1.82) is 0 Å². The van der Waals surface area contributed by atoms with Gasteiger partial charge in [0, 0.05) is 6.54 Å². The first kappa shape index (κ1) is 20.2. The van der Waals surface area contributed by atoms with E-state index >= 15 is 0 Å². The first-order chi connectivity index (χ1) is 12.1. The van der Waals surface area contributed by atoms with E-state index in [1.54, 1.807) is 0 Å². The molecule has 1 amide bonds. The Morgan fingerprint density at radius 2 is 1.40 bits per heavy atom. The third-order valence-corrected chi connectivity index (χ3v) is 5.69. The van der Waals surface area contributed by atoms with Crippen molar-refractivity contribution in [2.24, 2.45) is 11.8 Å². The van der Waals surface area contributed by atoms with E-state index in [1.807, 2.05) is 0 Å². The second-order valence-electron chi connectivity index (χ2n) is 7.65. The van der Waals surface area contributed by atoms with Crippen LogP contribution in [0.1, 0.15) is 84.0 Å². The number of unbranched alkanes of at least 4 members (excludes halogenated alkanes) is 9. The Bertz CT molecular complexity index is 426. The summed E-state index contributed by atoms with van der Waals surface area (Å²) in [6.45, 7) is 2.89. The molecule has 2 N–H and O–H groups in total. The van der Waals surface area contributed by atoms with Crippen molar-refractivity contribution in [3.05, 3.63) is 0 Å². The molecule has 2 aliphatic rings.